The Hall–Kier alpha value is -1.72. The summed E-state index contributed by atoms with van der Waals surface area (Å²) in [5.41, 5.74) is 10.2. The summed E-state index contributed by atoms with van der Waals surface area (Å²) in [6, 6.07) is 6.39. The predicted molar refractivity (Wildman–Crippen MR) is 73.7 cm³/mol. The molecule has 0 atom stereocenters. The van der Waals surface area contributed by atoms with Gasteiger partial charge < -0.3 is 5.73 Å². The van der Waals surface area contributed by atoms with Gasteiger partial charge in [0.15, 0.2) is 0 Å². The maximum atomic E-state index is 5.57. The van der Waals surface area contributed by atoms with E-state index < -0.39 is 0 Å². The van der Waals surface area contributed by atoms with Crippen LogP contribution in [-0.2, 0) is 6.54 Å². The Morgan fingerprint density at radius 3 is 2.83 bits per heavy atom. The van der Waals surface area contributed by atoms with Gasteiger partial charge in [-0.25, -0.2) is 9.50 Å². The lowest BCUT2D eigenvalue weighted by molar-refractivity contribution is 0.897. The first-order valence-corrected chi connectivity index (χ1v) is 6.62. The van der Waals surface area contributed by atoms with Crippen LogP contribution in [0.25, 0.3) is 16.2 Å². The fourth-order valence-corrected chi connectivity index (χ4v) is 2.81. The summed E-state index contributed by atoms with van der Waals surface area (Å²) in [5.74, 6) is 0. The van der Waals surface area contributed by atoms with E-state index in [-0.39, 0.29) is 0 Å². The highest BCUT2D eigenvalue weighted by molar-refractivity contribution is 7.16. The number of hydrogen-bond donors (Lipinski definition) is 1. The summed E-state index contributed by atoms with van der Waals surface area (Å²) < 4.78 is 1.81. The van der Waals surface area contributed by atoms with Crippen LogP contribution in [0.2, 0.25) is 0 Å². The van der Waals surface area contributed by atoms with E-state index in [9.17, 15) is 0 Å². The molecule has 0 saturated carbocycles. The van der Waals surface area contributed by atoms with E-state index in [4.69, 9.17) is 5.73 Å². The van der Waals surface area contributed by atoms with Gasteiger partial charge in [0.25, 0.3) is 0 Å². The molecule has 0 fully saturated rings. The maximum Gasteiger partial charge on any atom is 0.212 e. The van der Waals surface area contributed by atoms with Crippen LogP contribution < -0.4 is 5.73 Å². The minimum atomic E-state index is 0.465. The second-order valence-electron chi connectivity index (χ2n) is 4.37. The molecule has 3 aromatic rings. The van der Waals surface area contributed by atoms with Crippen molar-refractivity contribution in [3.8, 4) is 11.3 Å². The van der Waals surface area contributed by atoms with Gasteiger partial charge in [-0.15, -0.1) is 0 Å². The first-order valence-electron chi connectivity index (χ1n) is 5.80. The minimum Gasteiger partial charge on any atom is -0.324 e. The third kappa shape index (κ3) is 1.81. The van der Waals surface area contributed by atoms with Crippen LogP contribution >= 0.6 is 11.3 Å². The molecule has 0 aliphatic heterocycles. The van der Waals surface area contributed by atoms with Crippen LogP contribution in [0.3, 0.4) is 0 Å². The lowest BCUT2D eigenvalue weighted by atomic mass is 10.0. The zero-order chi connectivity index (χ0) is 12.7. The standard InChI is InChI=1S/C13H14N4S/c1-8-3-4-10(9(2)5-8)11-7-17-13(15-11)18-12(6-14)16-17/h3-5,7H,6,14H2,1-2H3. The van der Waals surface area contributed by atoms with Gasteiger partial charge in [0, 0.05) is 12.1 Å². The van der Waals surface area contributed by atoms with E-state index in [1.54, 1.807) is 0 Å². The summed E-state index contributed by atoms with van der Waals surface area (Å²) in [5, 5.41) is 5.28. The van der Waals surface area contributed by atoms with Crippen LogP contribution in [0.15, 0.2) is 24.4 Å². The van der Waals surface area contributed by atoms with Gasteiger partial charge in [-0.1, -0.05) is 35.1 Å². The summed E-state index contributed by atoms with van der Waals surface area (Å²) in [6.07, 6.45) is 1.96. The Balaban J connectivity index is 2.10. The molecule has 18 heavy (non-hydrogen) atoms. The van der Waals surface area contributed by atoms with Gasteiger partial charge in [0.1, 0.15) is 5.01 Å². The summed E-state index contributed by atoms with van der Waals surface area (Å²) in [7, 11) is 0. The zero-order valence-electron chi connectivity index (χ0n) is 10.3. The van der Waals surface area contributed by atoms with E-state index in [2.05, 4.69) is 42.1 Å². The van der Waals surface area contributed by atoms with Crippen molar-refractivity contribution in [2.75, 3.05) is 0 Å². The van der Waals surface area contributed by atoms with Gasteiger partial charge in [0.05, 0.1) is 11.9 Å². The molecule has 0 bridgehead atoms. The van der Waals surface area contributed by atoms with E-state index in [0.29, 0.717) is 6.54 Å². The molecule has 2 heterocycles. The number of imidazole rings is 1. The van der Waals surface area contributed by atoms with Gasteiger partial charge in [0.2, 0.25) is 4.96 Å². The third-order valence-electron chi connectivity index (χ3n) is 2.92. The third-order valence-corrected chi connectivity index (χ3v) is 3.86. The number of nitrogens with zero attached hydrogens (tertiary/aromatic N) is 3. The Morgan fingerprint density at radius 1 is 1.33 bits per heavy atom. The number of nitrogens with two attached hydrogens (primary N) is 1. The van der Waals surface area contributed by atoms with E-state index >= 15 is 0 Å². The van der Waals surface area contributed by atoms with Crippen molar-refractivity contribution >= 4 is 16.3 Å². The number of fused-ring (bicyclic) bond motifs is 1. The Kier molecular flexibility index (Phi) is 2.65. The van der Waals surface area contributed by atoms with E-state index in [1.165, 1.54) is 22.5 Å². The minimum absolute atomic E-state index is 0.465. The zero-order valence-corrected chi connectivity index (χ0v) is 11.2. The first kappa shape index (κ1) is 11.4. The van der Waals surface area contributed by atoms with Crippen molar-refractivity contribution in [1.82, 2.24) is 14.6 Å². The van der Waals surface area contributed by atoms with Gasteiger partial charge in [-0.3, -0.25) is 0 Å². The molecule has 3 rings (SSSR count). The molecule has 1 aromatic carbocycles. The summed E-state index contributed by atoms with van der Waals surface area (Å²) in [6.45, 7) is 4.67. The van der Waals surface area contributed by atoms with E-state index in [0.717, 1.165) is 21.2 Å². The van der Waals surface area contributed by atoms with Crippen LogP contribution in [0, 0.1) is 13.8 Å². The normalized spacial score (nSPS) is 11.3. The molecule has 92 valence electrons. The molecule has 5 heteroatoms. The van der Waals surface area contributed by atoms with Gasteiger partial charge in [-0.2, -0.15) is 5.10 Å². The molecule has 0 spiro atoms. The average molecular weight is 258 g/mol. The molecular formula is C13H14N4S. The van der Waals surface area contributed by atoms with Gasteiger partial charge >= 0.3 is 0 Å². The second kappa shape index (κ2) is 4.19. The molecule has 0 aliphatic rings. The molecule has 0 amide bonds. The lowest BCUT2D eigenvalue weighted by Gasteiger charge is -2.02. The monoisotopic (exact) mass is 258 g/mol. The highest BCUT2D eigenvalue weighted by atomic mass is 32.1. The lowest BCUT2D eigenvalue weighted by Crippen LogP contribution is -1.95. The fraction of sp³-hybridized carbons (Fsp3) is 0.231. The molecule has 0 saturated heterocycles. The van der Waals surface area contributed by atoms with Crippen molar-refractivity contribution in [2.45, 2.75) is 20.4 Å². The van der Waals surface area contributed by atoms with E-state index in [1.807, 2.05) is 10.7 Å². The molecule has 4 nitrogen and oxygen atoms in total. The number of rotatable bonds is 2. The summed E-state index contributed by atoms with van der Waals surface area (Å²) >= 11 is 1.54. The quantitative estimate of drug-likeness (QED) is 0.768. The Morgan fingerprint density at radius 2 is 2.17 bits per heavy atom. The van der Waals surface area contributed by atoms with Crippen molar-refractivity contribution in [3.05, 3.63) is 40.5 Å². The molecule has 0 unspecified atom stereocenters. The highest BCUT2D eigenvalue weighted by Gasteiger charge is 2.10. The summed E-state index contributed by atoms with van der Waals surface area (Å²) in [4.78, 5) is 5.50. The van der Waals surface area contributed by atoms with Crippen LogP contribution in [0.1, 0.15) is 16.1 Å². The largest absolute Gasteiger partial charge is 0.324 e. The molecule has 2 aromatic heterocycles. The highest BCUT2D eigenvalue weighted by Crippen LogP contribution is 2.25. The van der Waals surface area contributed by atoms with Crippen molar-refractivity contribution in [2.24, 2.45) is 5.73 Å². The van der Waals surface area contributed by atoms with Crippen molar-refractivity contribution < 1.29 is 0 Å². The molecule has 0 aliphatic carbocycles. The Labute approximate surface area is 109 Å². The maximum absolute atomic E-state index is 5.57. The van der Waals surface area contributed by atoms with Crippen LogP contribution in [0.4, 0.5) is 0 Å². The smallest absolute Gasteiger partial charge is 0.212 e. The van der Waals surface area contributed by atoms with Crippen LogP contribution in [-0.4, -0.2) is 14.6 Å². The van der Waals surface area contributed by atoms with Crippen molar-refractivity contribution in [1.29, 1.82) is 0 Å². The molecule has 2 N–H and O–H groups in total. The molecule has 0 radical (unpaired) electrons. The first-order chi connectivity index (χ1) is 8.67. The molecular weight excluding hydrogens is 244 g/mol. The fourth-order valence-electron chi connectivity index (χ4n) is 2.05. The number of benzene rings is 1. The van der Waals surface area contributed by atoms with Gasteiger partial charge in [-0.05, 0) is 19.4 Å². The Bertz CT molecular complexity index is 679. The number of hydrogen-bond acceptors (Lipinski definition) is 4. The average Bonchev–Trinajstić information content (AvgIpc) is 2.86. The predicted octanol–water partition coefficient (Wildman–Crippen LogP) is 2.53. The second-order valence-corrected chi connectivity index (χ2v) is 5.41. The number of aromatic nitrogens is 3. The van der Waals surface area contributed by atoms with Crippen molar-refractivity contribution in [3.63, 3.8) is 0 Å². The topological polar surface area (TPSA) is 56.2 Å². The van der Waals surface area contributed by atoms with Crippen LogP contribution in [0.5, 0.6) is 0 Å². The SMILES string of the molecule is Cc1ccc(-c2cn3nc(CN)sc3n2)c(C)c1. The number of aryl methyl sites for hydroxylation is 2.